The Bertz CT molecular complexity index is 1020. The van der Waals surface area contributed by atoms with Gasteiger partial charge < -0.3 is 0 Å². The third-order valence-corrected chi connectivity index (χ3v) is 7.82. The average Bonchev–Trinajstić information content (AvgIpc) is 3.11. The minimum atomic E-state index is -3.57. The van der Waals surface area contributed by atoms with Gasteiger partial charge >= 0.3 is 0 Å². The van der Waals surface area contributed by atoms with Gasteiger partial charge in [0.05, 0.1) is 10.9 Å². The van der Waals surface area contributed by atoms with Crippen molar-refractivity contribution in [1.82, 2.24) is 4.31 Å². The minimum absolute atomic E-state index is 0.267. The highest BCUT2D eigenvalue weighted by Gasteiger charge is 2.37. The van der Waals surface area contributed by atoms with Crippen LogP contribution in [-0.4, -0.2) is 19.3 Å². The second-order valence-electron chi connectivity index (χ2n) is 6.79. The lowest BCUT2D eigenvalue weighted by Gasteiger charge is -2.35. The predicted molar refractivity (Wildman–Crippen MR) is 106 cm³/mol. The lowest BCUT2D eigenvalue weighted by molar-refractivity contribution is 0.347. The summed E-state index contributed by atoms with van der Waals surface area (Å²) in [5.74, 6) is 0. The number of rotatable bonds is 3. The van der Waals surface area contributed by atoms with Gasteiger partial charge in [-0.15, -0.1) is 11.3 Å². The zero-order valence-electron chi connectivity index (χ0n) is 14.8. The normalized spacial score (nSPS) is 17.8. The summed E-state index contributed by atoms with van der Waals surface area (Å²) in [6, 6.07) is 17.1. The van der Waals surface area contributed by atoms with Crippen molar-refractivity contribution in [3.63, 3.8) is 0 Å². The second-order valence-corrected chi connectivity index (χ2v) is 9.68. The van der Waals surface area contributed by atoms with Gasteiger partial charge in [0.1, 0.15) is 0 Å². The molecule has 0 fully saturated rings. The van der Waals surface area contributed by atoms with Crippen LogP contribution in [0, 0.1) is 13.8 Å². The van der Waals surface area contributed by atoms with E-state index in [-0.39, 0.29) is 6.04 Å². The van der Waals surface area contributed by atoms with Crippen LogP contribution in [0.2, 0.25) is 0 Å². The number of hydrogen-bond donors (Lipinski definition) is 0. The van der Waals surface area contributed by atoms with E-state index in [2.05, 4.69) is 11.4 Å². The molecule has 1 aliphatic heterocycles. The Balaban J connectivity index is 1.83. The highest BCUT2D eigenvalue weighted by atomic mass is 32.2. The molecule has 1 atom stereocenters. The molecule has 0 amide bonds. The third-order valence-electron chi connectivity index (χ3n) is 4.94. The fraction of sp³-hybridized carbons (Fsp3) is 0.238. The van der Waals surface area contributed by atoms with E-state index >= 15 is 0 Å². The van der Waals surface area contributed by atoms with E-state index in [9.17, 15) is 8.42 Å². The van der Waals surface area contributed by atoms with Crippen LogP contribution in [0.3, 0.4) is 0 Å². The Morgan fingerprint density at radius 3 is 2.19 bits per heavy atom. The van der Waals surface area contributed by atoms with E-state index in [1.807, 2.05) is 50.2 Å². The fourth-order valence-electron chi connectivity index (χ4n) is 3.49. The number of sulfonamides is 1. The van der Waals surface area contributed by atoms with Crippen LogP contribution in [0.5, 0.6) is 0 Å². The summed E-state index contributed by atoms with van der Waals surface area (Å²) in [7, 11) is -3.57. The number of fused-ring (bicyclic) bond motifs is 1. The van der Waals surface area contributed by atoms with Crippen LogP contribution >= 0.6 is 11.3 Å². The van der Waals surface area contributed by atoms with Crippen molar-refractivity contribution >= 4 is 21.4 Å². The van der Waals surface area contributed by atoms with Gasteiger partial charge in [-0.1, -0.05) is 47.5 Å². The molecular formula is C21H21NO2S2. The summed E-state index contributed by atoms with van der Waals surface area (Å²) < 4.78 is 28.5. The Morgan fingerprint density at radius 1 is 0.923 bits per heavy atom. The number of thiophene rings is 1. The summed E-state index contributed by atoms with van der Waals surface area (Å²) in [5.41, 5.74) is 4.35. The van der Waals surface area contributed by atoms with E-state index in [1.165, 1.54) is 10.4 Å². The molecule has 134 valence electrons. The molecule has 1 aromatic heterocycles. The summed E-state index contributed by atoms with van der Waals surface area (Å²) in [6.45, 7) is 4.51. The maximum atomic E-state index is 13.4. The first-order valence-electron chi connectivity index (χ1n) is 8.68. The van der Waals surface area contributed by atoms with Crippen LogP contribution in [0.15, 0.2) is 64.9 Å². The van der Waals surface area contributed by atoms with E-state index in [1.54, 1.807) is 27.8 Å². The molecule has 0 saturated heterocycles. The minimum Gasteiger partial charge on any atom is -0.207 e. The Labute approximate surface area is 159 Å². The summed E-state index contributed by atoms with van der Waals surface area (Å²) in [5, 5.41) is 2.06. The maximum Gasteiger partial charge on any atom is 0.243 e. The number of benzene rings is 2. The molecule has 0 unspecified atom stereocenters. The summed E-state index contributed by atoms with van der Waals surface area (Å²) in [6.07, 6.45) is 0.764. The summed E-state index contributed by atoms with van der Waals surface area (Å²) >= 11 is 1.72. The number of hydrogen-bond acceptors (Lipinski definition) is 3. The molecule has 0 spiro atoms. The molecule has 0 aliphatic carbocycles. The third kappa shape index (κ3) is 3.00. The van der Waals surface area contributed by atoms with Crippen molar-refractivity contribution in [2.45, 2.75) is 31.2 Å². The largest absolute Gasteiger partial charge is 0.243 e. The van der Waals surface area contributed by atoms with Crippen molar-refractivity contribution in [1.29, 1.82) is 0 Å². The van der Waals surface area contributed by atoms with Gasteiger partial charge in [0, 0.05) is 11.4 Å². The number of nitrogens with zero attached hydrogens (tertiary/aromatic N) is 1. The molecule has 3 aromatic rings. The van der Waals surface area contributed by atoms with Gasteiger partial charge in [0.2, 0.25) is 10.0 Å². The average molecular weight is 384 g/mol. The van der Waals surface area contributed by atoms with Gasteiger partial charge in [-0.05, 0) is 55.0 Å². The lowest BCUT2D eigenvalue weighted by atomic mass is 9.95. The Hall–Kier alpha value is -1.95. The van der Waals surface area contributed by atoms with Crippen molar-refractivity contribution < 1.29 is 8.42 Å². The zero-order chi connectivity index (χ0) is 18.3. The fourth-order valence-corrected chi connectivity index (χ4v) is 5.99. The molecule has 0 saturated carbocycles. The van der Waals surface area contributed by atoms with Gasteiger partial charge in [0.15, 0.2) is 0 Å². The molecule has 2 heterocycles. The molecule has 0 N–H and O–H groups in total. The van der Waals surface area contributed by atoms with Gasteiger partial charge in [-0.2, -0.15) is 4.31 Å². The van der Waals surface area contributed by atoms with Gasteiger partial charge in [-0.3, -0.25) is 0 Å². The van der Waals surface area contributed by atoms with Crippen molar-refractivity contribution in [2.24, 2.45) is 0 Å². The smallest absolute Gasteiger partial charge is 0.207 e. The monoisotopic (exact) mass is 383 g/mol. The molecule has 3 nitrogen and oxygen atoms in total. The molecule has 26 heavy (non-hydrogen) atoms. The molecule has 5 heteroatoms. The molecule has 0 radical (unpaired) electrons. The van der Waals surface area contributed by atoms with E-state index in [0.717, 1.165) is 23.1 Å². The van der Waals surface area contributed by atoms with Crippen LogP contribution in [0.4, 0.5) is 0 Å². The predicted octanol–water partition coefficient (Wildman–Crippen LogP) is 4.70. The standard InChI is InChI=1S/C21H21NO2S2/c1-15-3-7-17(8-4-15)21-19-12-14-25-20(19)11-13-22(21)26(23,24)18-9-5-16(2)6-10-18/h3-10,12,14,21H,11,13H2,1-2H3/t21-/m1/s1. The van der Waals surface area contributed by atoms with Crippen molar-refractivity contribution in [3.05, 3.63) is 87.1 Å². The second kappa shape index (κ2) is 6.65. The van der Waals surface area contributed by atoms with Crippen molar-refractivity contribution in [2.75, 3.05) is 6.54 Å². The zero-order valence-corrected chi connectivity index (χ0v) is 16.5. The molecule has 1 aliphatic rings. The topological polar surface area (TPSA) is 37.4 Å². The summed E-state index contributed by atoms with van der Waals surface area (Å²) in [4.78, 5) is 1.64. The lowest BCUT2D eigenvalue weighted by Crippen LogP contribution is -2.40. The van der Waals surface area contributed by atoms with Crippen LogP contribution < -0.4 is 0 Å². The van der Waals surface area contributed by atoms with E-state index < -0.39 is 10.0 Å². The van der Waals surface area contributed by atoms with Crippen LogP contribution in [0.1, 0.15) is 33.2 Å². The quantitative estimate of drug-likeness (QED) is 0.657. The molecule has 2 aromatic carbocycles. The maximum absolute atomic E-state index is 13.4. The van der Waals surface area contributed by atoms with Crippen LogP contribution in [-0.2, 0) is 16.4 Å². The first-order valence-corrected chi connectivity index (χ1v) is 11.0. The highest BCUT2D eigenvalue weighted by molar-refractivity contribution is 7.89. The van der Waals surface area contributed by atoms with Crippen molar-refractivity contribution in [3.8, 4) is 0 Å². The Kier molecular flexibility index (Phi) is 4.47. The molecular weight excluding hydrogens is 362 g/mol. The first kappa shape index (κ1) is 17.5. The first-order chi connectivity index (χ1) is 12.5. The Morgan fingerprint density at radius 2 is 1.54 bits per heavy atom. The van der Waals surface area contributed by atoms with E-state index in [0.29, 0.717) is 11.4 Å². The highest BCUT2D eigenvalue weighted by Crippen LogP contribution is 2.40. The van der Waals surface area contributed by atoms with Crippen LogP contribution in [0.25, 0.3) is 0 Å². The SMILES string of the molecule is Cc1ccc([C@@H]2c3ccsc3CCN2S(=O)(=O)c2ccc(C)cc2)cc1. The van der Waals surface area contributed by atoms with Gasteiger partial charge in [0.25, 0.3) is 0 Å². The number of aryl methyl sites for hydroxylation is 2. The van der Waals surface area contributed by atoms with E-state index in [4.69, 9.17) is 0 Å². The molecule has 0 bridgehead atoms. The molecule has 4 rings (SSSR count). The van der Waals surface area contributed by atoms with Gasteiger partial charge in [-0.25, -0.2) is 8.42 Å².